The predicted molar refractivity (Wildman–Crippen MR) is 160 cm³/mol. The molecule has 4 aliphatic rings. The molecule has 0 aliphatic carbocycles. The van der Waals surface area contributed by atoms with Crippen molar-refractivity contribution in [3.63, 3.8) is 0 Å². The van der Waals surface area contributed by atoms with E-state index in [0.29, 0.717) is 57.8 Å². The number of hydrogen-bond donors (Lipinski definition) is 2. The Kier molecular flexibility index (Phi) is 9.12. The van der Waals surface area contributed by atoms with Crippen molar-refractivity contribution in [2.24, 2.45) is 0 Å². The molecule has 2 N–H and O–H groups in total. The number of ether oxygens (including phenoxy) is 1. The molecular formula is C31H40N6O8. The third kappa shape index (κ3) is 7.10. The Morgan fingerprint density at radius 2 is 1.60 bits per heavy atom. The van der Waals surface area contributed by atoms with Gasteiger partial charge in [-0.25, -0.2) is 4.79 Å². The van der Waals surface area contributed by atoms with Crippen molar-refractivity contribution in [2.45, 2.75) is 77.0 Å². The maximum Gasteiger partial charge on any atom is 0.407 e. The lowest BCUT2D eigenvalue weighted by Gasteiger charge is -2.37. The van der Waals surface area contributed by atoms with Gasteiger partial charge in [0.1, 0.15) is 11.6 Å². The van der Waals surface area contributed by atoms with Crippen LogP contribution in [-0.4, -0.2) is 113 Å². The highest BCUT2D eigenvalue weighted by Crippen LogP contribution is 2.34. The summed E-state index contributed by atoms with van der Waals surface area (Å²) in [7, 11) is 0. The van der Waals surface area contributed by atoms with Crippen LogP contribution >= 0.6 is 0 Å². The van der Waals surface area contributed by atoms with Crippen LogP contribution in [0, 0.1) is 0 Å². The van der Waals surface area contributed by atoms with Crippen molar-refractivity contribution in [2.75, 3.05) is 44.2 Å². The van der Waals surface area contributed by atoms with Crippen molar-refractivity contribution in [1.29, 1.82) is 0 Å². The summed E-state index contributed by atoms with van der Waals surface area (Å²) in [5.74, 6) is -2.31. The van der Waals surface area contributed by atoms with Crippen LogP contribution in [0.3, 0.4) is 0 Å². The van der Waals surface area contributed by atoms with E-state index in [1.807, 2.05) is 4.90 Å². The van der Waals surface area contributed by atoms with Crippen LogP contribution in [0.25, 0.3) is 0 Å². The minimum absolute atomic E-state index is 0.0485. The molecule has 0 aromatic heterocycles. The Morgan fingerprint density at radius 1 is 0.911 bits per heavy atom. The number of anilines is 1. The van der Waals surface area contributed by atoms with Crippen LogP contribution in [0.15, 0.2) is 18.2 Å². The number of rotatable bonds is 7. The van der Waals surface area contributed by atoms with Gasteiger partial charge in [0.2, 0.25) is 23.6 Å². The standard InChI is InChI=1S/C31H40N6O8/c1-31(2,3)45-30(44)32-19-12-13-36(18-19)25(40)9-5-8-24(39)35-16-14-34(15-17-35)21-7-4-6-20-26(21)29(43)37(28(20)42)22-10-11-23(38)33-27(22)41/h4,6-7,19,22H,5,8-18H2,1-3H3,(H,32,44)(H,33,38,41)/t19-,22?/m0/s1. The zero-order valence-electron chi connectivity index (χ0n) is 25.9. The first-order valence-corrected chi connectivity index (χ1v) is 15.5. The van der Waals surface area contributed by atoms with Gasteiger partial charge in [-0.2, -0.15) is 0 Å². The molecule has 0 spiro atoms. The molecule has 14 heteroatoms. The number of hydrogen-bond acceptors (Lipinski definition) is 9. The van der Waals surface area contributed by atoms with Gasteiger partial charge in [0.05, 0.1) is 22.9 Å². The molecule has 0 radical (unpaired) electrons. The summed E-state index contributed by atoms with van der Waals surface area (Å²) in [6.45, 7) is 8.05. The van der Waals surface area contributed by atoms with E-state index in [-0.39, 0.29) is 54.7 Å². The van der Waals surface area contributed by atoms with Crippen molar-refractivity contribution >= 4 is 47.2 Å². The second-order valence-corrected chi connectivity index (χ2v) is 12.8. The molecule has 4 aliphatic heterocycles. The Labute approximate surface area is 261 Å². The fraction of sp³-hybridized carbons (Fsp3) is 0.581. The lowest BCUT2D eigenvalue weighted by molar-refractivity contribution is -0.136. The molecule has 0 saturated carbocycles. The first-order valence-electron chi connectivity index (χ1n) is 15.5. The number of nitrogens with one attached hydrogen (secondary N) is 2. The van der Waals surface area contributed by atoms with Crippen molar-refractivity contribution in [3.05, 3.63) is 29.3 Å². The van der Waals surface area contributed by atoms with E-state index in [4.69, 9.17) is 4.74 Å². The van der Waals surface area contributed by atoms with Crippen molar-refractivity contribution < 1.29 is 38.3 Å². The Balaban J connectivity index is 1.08. The number of alkyl carbamates (subject to hydrolysis) is 1. The summed E-state index contributed by atoms with van der Waals surface area (Å²) in [4.78, 5) is 94.7. The molecule has 4 heterocycles. The molecule has 3 saturated heterocycles. The van der Waals surface area contributed by atoms with Gasteiger partial charge in [0, 0.05) is 58.5 Å². The number of nitrogens with zero attached hydrogens (tertiary/aromatic N) is 4. The van der Waals surface area contributed by atoms with E-state index in [9.17, 15) is 33.6 Å². The number of imide groups is 2. The Morgan fingerprint density at radius 3 is 2.27 bits per heavy atom. The Bertz CT molecular complexity index is 1410. The van der Waals surface area contributed by atoms with E-state index in [2.05, 4.69) is 10.6 Å². The zero-order chi connectivity index (χ0) is 32.5. The first kappa shape index (κ1) is 31.9. The second-order valence-electron chi connectivity index (χ2n) is 12.8. The molecule has 1 aromatic rings. The lowest BCUT2D eigenvalue weighted by Crippen LogP contribution is -2.54. The van der Waals surface area contributed by atoms with Gasteiger partial charge in [0.25, 0.3) is 11.8 Å². The predicted octanol–water partition coefficient (Wildman–Crippen LogP) is 1.03. The van der Waals surface area contributed by atoms with Crippen LogP contribution < -0.4 is 15.5 Å². The normalized spacial score (nSPS) is 22.0. The maximum atomic E-state index is 13.4. The van der Waals surface area contributed by atoms with Gasteiger partial charge in [-0.3, -0.25) is 39.0 Å². The average molecular weight is 625 g/mol. The molecule has 3 fully saturated rings. The van der Waals surface area contributed by atoms with Gasteiger partial charge in [0.15, 0.2) is 0 Å². The third-order valence-electron chi connectivity index (χ3n) is 8.46. The van der Waals surface area contributed by atoms with E-state index < -0.39 is 41.4 Å². The summed E-state index contributed by atoms with van der Waals surface area (Å²) in [5, 5.41) is 5.01. The highest BCUT2D eigenvalue weighted by molar-refractivity contribution is 6.25. The van der Waals surface area contributed by atoms with Gasteiger partial charge >= 0.3 is 6.09 Å². The smallest absolute Gasteiger partial charge is 0.407 e. The molecule has 1 unspecified atom stereocenters. The second kappa shape index (κ2) is 12.9. The quantitative estimate of drug-likeness (QED) is 0.422. The van der Waals surface area contributed by atoms with Crippen LogP contribution in [0.5, 0.6) is 0 Å². The number of piperazine rings is 1. The molecular weight excluding hydrogens is 584 g/mol. The number of carbonyl (C=O) groups is 7. The summed E-state index contributed by atoms with van der Waals surface area (Å²) in [5.41, 5.74) is 0.425. The van der Waals surface area contributed by atoms with Gasteiger partial charge in [-0.15, -0.1) is 0 Å². The molecule has 5 rings (SSSR count). The number of benzene rings is 1. The molecule has 0 bridgehead atoms. The van der Waals surface area contributed by atoms with Crippen LogP contribution in [-0.2, 0) is 23.9 Å². The topological polar surface area (TPSA) is 166 Å². The fourth-order valence-electron chi connectivity index (χ4n) is 6.24. The average Bonchev–Trinajstić information content (AvgIpc) is 3.54. The first-order chi connectivity index (χ1) is 21.3. The minimum Gasteiger partial charge on any atom is -0.444 e. The number of piperidine rings is 1. The van der Waals surface area contributed by atoms with E-state index in [1.54, 1.807) is 48.8 Å². The van der Waals surface area contributed by atoms with Crippen molar-refractivity contribution in [3.8, 4) is 0 Å². The SMILES string of the molecule is CC(C)(C)OC(=O)N[C@H]1CCN(C(=O)CCCC(=O)N2CCN(c3cccc4c3C(=O)N(C3CCC(=O)NC3=O)C4=O)CC2)C1. The Hall–Kier alpha value is -4.49. The highest BCUT2D eigenvalue weighted by atomic mass is 16.6. The largest absolute Gasteiger partial charge is 0.444 e. The number of carbonyl (C=O) groups excluding carboxylic acids is 7. The molecule has 7 amide bonds. The summed E-state index contributed by atoms with van der Waals surface area (Å²) >= 11 is 0. The molecule has 14 nitrogen and oxygen atoms in total. The zero-order valence-corrected chi connectivity index (χ0v) is 25.9. The lowest BCUT2D eigenvalue weighted by atomic mass is 10.0. The third-order valence-corrected chi connectivity index (χ3v) is 8.46. The summed E-state index contributed by atoms with van der Waals surface area (Å²) in [6.07, 6.45) is 1.16. The minimum atomic E-state index is -1.04. The molecule has 2 atom stereocenters. The highest BCUT2D eigenvalue weighted by Gasteiger charge is 2.46. The molecule has 1 aromatic carbocycles. The fourth-order valence-corrected chi connectivity index (χ4v) is 6.24. The van der Waals surface area contributed by atoms with Gasteiger partial charge < -0.3 is 24.8 Å². The number of amides is 7. The van der Waals surface area contributed by atoms with E-state index >= 15 is 0 Å². The molecule has 242 valence electrons. The summed E-state index contributed by atoms with van der Waals surface area (Å²) in [6, 6.07) is 3.81. The van der Waals surface area contributed by atoms with Crippen LogP contribution in [0.2, 0.25) is 0 Å². The number of fused-ring (bicyclic) bond motifs is 1. The van der Waals surface area contributed by atoms with Gasteiger partial charge in [-0.05, 0) is 52.2 Å². The van der Waals surface area contributed by atoms with Crippen LogP contribution in [0.4, 0.5) is 10.5 Å². The van der Waals surface area contributed by atoms with Crippen molar-refractivity contribution in [1.82, 2.24) is 25.3 Å². The maximum absolute atomic E-state index is 13.4. The van der Waals surface area contributed by atoms with E-state index in [0.717, 1.165) is 4.90 Å². The monoisotopic (exact) mass is 624 g/mol. The van der Waals surface area contributed by atoms with Crippen LogP contribution in [0.1, 0.15) is 80.0 Å². The van der Waals surface area contributed by atoms with Gasteiger partial charge in [-0.1, -0.05) is 6.07 Å². The summed E-state index contributed by atoms with van der Waals surface area (Å²) < 4.78 is 5.29. The molecule has 45 heavy (non-hydrogen) atoms. The number of likely N-dealkylation sites (tertiary alicyclic amines) is 1. The van der Waals surface area contributed by atoms with E-state index in [1.165, 1.54) is 0 Å².